The minimum absolute atomic E-state index is 0.0156. The molecule has 1 aromatic rings. The highest BCUT2D eigenvalue weighted by molar-refractivity contribution is 9.10. The third-order valence-corrected chi connectivity index (χ3v) is 3.38. The second-order valence-electron chi connectivity index (χ2n) is 3.70. The van der Waals surface area contributed by atoms with E-state index >= 15 is 0 Å². The molecule has 1 amide bonds. The van der Waals surface area contributed by atoms with Crippen LogP contribution >= 0.6 is 27.5 Å². The topological polar surface area (TPSA) is 70.5 Å². The largest absolute Gasteiger partial charge is 0.481 e. The van der Waals surface area contributed by atoms with Crippen molar-refractivity contribution in [1.29, 1.82) is 0 Å². The summed E-state index contributed by atoms with van der Waals surface area (Å²) in [5, 5.41) is 9.15. The maximum atomic E-state index is 11.7. The van der Waals surface area contributed by atoms with Crippen LogP contribution in [0.15, 0.2) is 16.7 Å². The van der Waals surface area contributed by atoms with Crippen molar-refractivity contribution >= 4 is 45.1 Å². The molecule has 0 aliphatic carbocycles. The van der Waals surface area contributed by atoms with E-state index in [1.54, 1.807) is 0 Å². The van der Waals surface area contributed by atoms with Crippen molar-refractivity contribution in [3.8, 4) is 0 Å². The summed E-state index contributed by atoms with van der Waals surface area (Å²) in [4.78, 5) is 27.8. The predicted molar refractivity (Wildman–Crippen MR) is 65.0 cm³/mol. The molecule has 90 valence electrons. The lowest BCUT2D eigenvalue weighted by Crippen LogP contribution is -2.26. The Morgan fingerprint density at radius 3 is 2.94 bits per heavy atom. The number of aliphatic carboxylic acids is 1. The average molecular weight is 320 g/mol. The van der Waals surface area contributed by atoms with Crippen molar-refractivity contribution in [2.24, 2.45) is 5.92 Å². The van der Waals surface area contributed by atoms with Crippen LogP contribution in [0.2, 0.25) is 5.15 Å². The van der Waals surface area contributed by atoms with Crippen LogP contribution in [-0.2, 0) is 9.59 Å². The van der Waals surface area contributed by atoms with Gasteiger partial charge in [-0.3, -0.25) is 9.59 Å². The SMILES string of the molecule is O=C(O)C1CC(=O)N(c2cc(Cl)ncc2Br)C1. The summed E-state index contributed by atoms with van der Waals surface area (Å²) in [5.74, 6) is -1.85. The molecular formula is C10H8BrClN2O3. The minimum Gasteiger partial charge on any atom is -0.481 e. The number of carboxylic acids is 1. The molecule has 1 unspecified atom stereocenters. The minimum atomic E-state index is -0.961. The number of hydrogen-bond acceptors (Lipinski definition) is 3. The molecule has 2 heterocycles. The third-order valence-electron chi connectivity index (χ3n) is 2.57. The average Bonchev–Trinajstić information content (AvgIpc) is 2.64. The van der Waals surface area contributed by atoms with E-state index in [1.165, 1.54) is 17.2 Å². The van der Waals surface area contributed by atoms with Gasteiger partial charge in [-0.15, -0.1) is 0 Å². The second-order valence-corrected chi connectivity index (χ2v) is 4.94. The van der Waals surface area contributed by atoms with Crippen LogP contribution in [0.1, 0.15) is 6.42 Å². The number of hydrogen-bond donors (Lipinski definition) is 1. The van der Waals surface area contributed by atoms with Crippen molar-refractivity contribution in [3.63, 3.8) is 0 Å². The Labute approximate surface area is 111 Å². The van der Waals surface area contributed by atoms with E-state index in [0.717, 1.165) is 0 Å². The van der Waals surface area contributed by atoms with Crippen LogP contribution in [0, 0.1) is 5.92 Å². The van der Waals surface area contributed by atoms with Crippen molar-refractivity contribution in [2.45, 2.75) is 6.42 Å². The van der Waals surface area contributed by atoms with Gasteiger partial charge in [-0.2, -0.15) is 0 Å². The lowest BCUT2D eigenvalue weighted by atomic mass is 10.1. The van der Waals surface area contributed by atoms with Gasteiger partial charge in [-0.05, 0) is 15.9 Å². The van der Waals surface area contributed by atoms with Crippen LogP contribution in [0.5, 0.6) is 0 Å². The molecule has 17 heavy (non-hydrogen) atoms. The number of carbonyl (C=O) groups excluding carboxylic acids is 1. The molecule has 7 heteroatoms. The summed E-state index contributed by atoms with van der Waals surface area (Å²) in [7, 11) is 0. The molecule has 0 bridgehead atoms. The second kappa shape index (κ2) is 4.62. The summed E-state index contributed by atoms with van der Waals surface area (Å²) in [6.45, 7) is 0.160. The maximum Gasteiger partial charge on any atom is 0.308 e. The Bertz CT molecular complexity index is 494. The summed E-state index contributed by atoms with van der Waals surface area (Å²) in [6.07, 6.45) is 1.50. The zero-order chi connectivity index (χ0) is 12.6. The number of halogens is 2. The Hall–Kier alpha value is -1.14. The van der Waals surface area contributed by atoms with E-state index in [1.807, 2.05) is 0 Å². The Kier molecular flexibility index (Phi) is 3.35. The predicted octanol–water partition coefficient (Wildman–Crippen LogP) is 1.94. The number of aromatic nitrogens is 1. The first-order valence-corrected chi connectivity index (χ1v) is 6.00. The van der Waals surface area contributed by atoms with Crippen molar-refractivity contribution in [1.82, 2.24) is 4.98 Å². The zero-order valence-corrected chi connectivity index (χ0v) is 10.9. The molecule has 1 aliphatic rings. The normalized spacial score (nSPS) is 19.8. The molecule has 5 nitrogen and oxygen atoms in total. The number of rotatable bonds is 2. The third kappa shape index (κ3) is 2.42. The smallest absolute Gasteiger partial charge is 0.308 e. The number of carboxylic acid groups (broad SMARTS) is 1. The summed E-state index contributed by atoms with van der Waals surface area (Å²) in [6, 6.07) is 1.54. The molecule has 0 aromatic carbocycles. The molecule has 1 aromatic heterocycles. The molecule has 1 aliphatic heterocycles. The van der Waals surface area contributed by atoms with Gasteiger partial charge in [0.2, 0.25) is 5.91 Å². The number of amides is 1. The van der Waals surface area contributed by atoms with Gasteiger partial charge in [0.1, 0.15) is 5.15 Å². The zero-order valence-electron chi connectivity index (χ0n) is 8.56. The Morgan fingerprint density at radius 1 is 1.65 bits per heavy atom. The fourth-order valence-corrected chi connectivity index (χ4v) is 2.30. The fraction of sp³-hybridized carbons (Fsp3) is 0.300. The van der Waals surface area contributed by atoms with Crippen LogP contribution in [0.3, 0.4) is 0 Å². The summed E-state index contributed by atoms with van der Waals surface area (Å²) >= 11 is 9.02. The highest BCUT2D eigenvalue weighted by Gasteiger charge is 2.35. The first-order chi connectivity index (χ1) is 7.99. The van der Waals surface area contributed by atoms with Gasteiger partial charge >= 0.3 is 5.97 Å². The molecule has 1 saturated heterocycles. The number of anilines is 1. The molecule has 1 N–H and O–H groups in total. The molecule has 0 radical (unpaired) electrons. The number of carbonyl (C=O) groups is 2. The summed E-state index contributed by atoms with van der Waals surface area (Å²) in [5.41, 5.74) is 0.554. The first-order valence-electron chi connectivity index (χ1n) is 4.83. The Morgan fingerprint density at radius 2 is 2.35 bits per heavy atom. The van der Waals surface area contributed by atoms with Crippen LogP contribution < -0.4 is 4.90 Å². The van der Waals surface area contributed by atoms with Gasteiger partial charge in [0.05, 0.1) is 16.1 Å². The van der Waals surface area contributed by atoms with Gasteiger partial charge in [0.15, 0.2) is 0 Å². The van der Waals surface area contributed by atoms with Gasteiger partial charge in [-0.25, -0.2) is 4.98 Å². The van der Waals surface area contributed by atoms with E-state index in [4.69, 9.17) is 16.7 Å². The van der Waals surface area contributed by atoms with E-state index < -0.39 is 11.9 Å². The molecule has 2 rings (SSSR count). The quantitative estimate of drug-likeness (QED) is 0.846. The van der Waals surface area contributed by atoms with Crippen molar-refractivity contribution in [2.75, 3.05) is 11.4 Å². The molecular weight excluding hydrogens is 311 g/mol. The van der Waals surface area contributed by atoms with Crippen molar-refractivity contribution < 1.29 is 14.7 Å². The van der Waals surface area contributed by atoms with Crippen molar-refractivity contribution in [3.05, 3.63) is 21.9 Å². The molecule has 1 atom stereocenters. The molecule has 0 saturated carbocycles. The molecule has 1 fully saturated rings. The van der Waals surface area contributed by atoms with E-state index in [9.17, 15) is 9.59 Å². The molecule has 0 spiro atoms. The van der Waals surface area contributed by atoms with Crippen LogP contribution in [0.25, 0.3) is 0 Å². The van der Waals surface area contributed by atoms with E-state index in [-0.39, 0.29) is 24.0 Å². The summed E-state index contributed by atoms with van der Waals surface area (Å²) < 4.78 is 0.612. The van der Waals surface area contributed by atoms with Gasteiger partial charge in [0.25, 0.3) is 0 Å². The van der Waals surface area contributed by atoms with E-state index in [2.05, 4.69) is 20.9 Å². The van der Waals surface area contributed by atoms with Gasteiger partial charge < -0.3 is 10.0 Å². The Balaban J connectivity index is 2.32. The lowest BCUT2D eigenvalue weighted by molar-refractivity contribution is -0.141. The van der Waals surface area contributed by atoms with Gasteiger partial charge in [0, 0.05) is 25.2 Å². The fourth-order valence-electron chi connectivity index (χ4n) is 1.72. The monoisotopic (exact) mass is 318 g/mol. The maximum absolute atomic E-state index is 11.7. The highest BCUT2D eigenvalue weighted by atomic mass is 79.9. The van der Waals surface area contributed by atoms with E-state index in [0.29, 0.717) is 10.2 Å². The van der Waals surface area contributed by atoms with Crippen LogP contribution in [-0.4, -0.2) is 28.5 Å². The number of pyridine rings is 1. The van der Waals surface area contributed by atoms with Gasteiger partial charge in [-0.1, -0.05) is 11.6 Å². The van der Waals surface area contributed by atoms with Crippen LogP contribution in [0.4, 0.5) is 5.69 Å². The standard InChI is InChI=1S/C10H8BrClN2O3/c11-6-3-13-8(12)2-7(6)14-4-5(10(16)17)1-9(14)15/h2-3,5H,1,4H2,(H,16,17). The first kappa shape index (κ1) is 12.3. The lowest BCUT2D eigenvalue weighted by Gasteiger charge is -2.17. The highest BCUT2D eigenvalue weighted by Crippen LogP contribution is 2.32. The number of nitrogens with zero attached hydrogens (tertiary/aromatic N) is 2.